The second-order valence-corrected chi connectivity index (χ2v) is 21.3. The maximum Gasteiger partial charge on any atom is 0.306 e. The molecule has 0 N–H and O–H groups in total. The molecule has 0 aliphatic heterocycles. The summed E-state index contributed by atoms with van der Waals surface area (Å²) in [4.78, 5) is 38.1. The Hall–Kier alpha value is -3.41. The van der Waals surface area contributed by atoms with E-state index in [9.17, 15) is 14.4 Å². The van der Waals surface area contributed by atoms with Gasteiger partial charge in [-0.15, -0.1) is 0 Å². The van der Waals surface area contributed by atoms with Gasteiger partial charge in [0.2, 0.25) is 0 Å². The Labute approximate surface area is 465 Å². The average molecular weight is 1050 g/mol. The largest absolute Gasteiger partial charge is 0.462 e. The molecule has 0 aliphatic rings. The Morgan fingerprint density at radius 3 is 0.920 bits per heavy atom. The van der Waals surface area contributed by atoms with Gasteiger partial charge in [-0.2, -0.15) is 0 Å². The van der Waals surface area contributed by atoms with E-state index in [1.807, 2.05) is 12.2 Å². The van der Waals surface area contributed by atoms with Crippen molar-refractivity contribution in [1.29, 1.82) is 0 Å². The van der Waals surface area contributed by atoms with Crippen LogP contribution in [0.1, 0.15) is 316 Å². The van der Waals surface area contributed by atoms with Gasteiger partial charge >= 0.3 is 17.9 Å². The highest BCUT2D eigenvalue weighted by atomic mass is 16.6. The molecule has 432 valence electrons. The summed E-state index contributed by atoms with van der Waals surface area (Å²) in [6.07, 6.45) is 83.6. The lowest BCUT2D eigenvalue weighted by Crippen LogP contribution is -2.30. The molecule has 0 rings (SSSR count). The van der Waals surface area contributed by atoms with Crippen LogP contribution < -0.4 is 0 Å². The van der Waals surface area contributed by atoms with Crippen LogP contribution in [0.25, 0.3) is 0 Å². The number of esters is 3. The molecule has 75 heavy (non-hydrogen) atoms. The molecule has 0 bridgehead atoms. The second kappa shape index (κ2) is 63.1. The smallest absolute Gasteiger partial charge is 0.306 e. The van der Waals surface area contributed by atoms with Gasteiger partial charge in [-0.1, -0.05) is 286 Å². The Morgan fingerprint density at radius 2 is 0.560 bits per heavy atom. The molecular weight excluding hydrogens is 925 g/mol. The molecule has 1 unspecified atom stereocenters. The van der Waals surface area contributed by atoms with Crippen LogP contribution in [0, 0.1) is 0 Å². The van der Waals surface area contributed by atoms with E-state index in [1.165, 1.54) is 186 Å². The predicted molar refractivity (Wildman–Crippen MR) is 325 cm³/mol. The fourth-order valence-electron chi connectivity index (χ4n) is 9.06. The fraction of sp³-hybridized carbons (Fsp3) is 0.754. The van der Waals surface area contributed by atoms with Crippen molar-refractivity contribution in [1.82, 2.24) is 0 Å². The summed E-state index contributed by atoms with van der Waals surface area (Å²) in [6.45, 7) is 6.43. The van der Waals surface area contributed by atoms with Crippen molar-refractivity contribution in [2.24, 2.45) is 0 Å². The van der Waals surface area contributed by atoms with Crippen LogP contribution in [0.3, 0.4) is 0 Å². The lowest BCUT2D eigenvalue weighted by molar-refractivity contribution is -0.166. The summed E-state index contributed by atoms with van der Waals surface area (Å²) in [5, 5.41) is 0. The van der Waals surface area contributed by atoms with E-state index >= 15 is 0 Å². The lowest BCUT2D eigenvalue weighted by Gasteiger charge is -2.18. The van der Waals surface area contributed by atoms with Crippen LogP contribution in [-0.2, 0) is 28.6 Å². The van der Waals surface area contributed by atoms with Gasteiger partial charge in [-0.3, -0.25) is 14.4 Å². The minimum Gasteiger partial charge on any atom is -0.462 e. The molecule has 0 fully saturated rings. The Morgan fingerprint density at radius 1 is 0.280 bits per heavy atom. The molecule has 0 aromatic heterocycles. The highest BCUT2D eigenvalue weighted by molar-refractivity contribution is 5.71. The second-order valence-electron chi connectivity index (χ2n) is 21.3. The van der Waals surface area contributed by atoms with Crippen LogP contribution in [-0.4, -0.2) is 37.2 Å². The van der Waals surface area contributed by atoms with Crippen molar-refractivity contribution in [3.05, 3.63) is 85.1 Å². The zero-order valence-electron chi connectivity index (χ0n) is 49.6. The van der Waals surface area contributed by atoms with E-state index in [2.05, 4.69) is 93.7 Å². The molecule has 0 aromatic rings. The summed E-state index contributed by atoms with van der Waals surface area (Å²) < 4.78 is 16.8. The highest BCUT2D eigenvalue weighted by Crippen LogP contribution is 2.17. The topological polar surface area (TPSA) is 78.9 Å². The first-order valence-corrected chi connectivity index (χ1v) is 32.1. The van der Waals surface area contributed by atoms with Gasteiger partial charge in [0.25, 0.3) is 0 Å². The monoisotopic (exact) mass is 1040 g/mol. The van der Waals surface area contributed by atoms with Gasteiger partial charge in [-0.05, 0) is 96.3 Å². The molecule has 0 amide bonds. The fourth-order valence-corrected chi connectivity index (χ4v) is 9.06. The number of allylic oxidation sites excluding steroid dienone is 14. The zero-order valence-corrected chi connectivity index (χ0v) is 49.6. The molecule has 0 spiro atoms. The van der Waals surface area contributed by atoms with E-state index in [-0.39, 0.29) is 37.5 Å². The quantitative estimate of drug-likeness (QED) is 0.0261. The maximum absolute atomic E-state index is 12.8. The minimum absolute atomic E-state index is 0.105. The molecule has 6 heteroatoms. The molecule has 0 radical (unpaired) electrons. The SMILES string of the molecule is CC/C=C\C/C=C\C/C=C\C/C=C\CCC(=O)OC(COC(=O)CCCCCCC/C=C\CCCC)COC(=O)CCCCCCCCCCCCCCCCCCCCCCC/C=C\C/C=C\CCCCCCC. The third kappa shape index (κ3) is 61.3. The van der Waals surface area contributed by atoms with Crippen molar-refractivity contribution in [3.63, 3.8) is 0 Å². The van der Waals surface area contributed by atoms with Crippen molar-refractivity contribution in [2.45, 2.75) is 322 Å². The third-order valence-electron chi connectivity index (χ3n) is 13.9. The molecule has 0 aromatic carbocycles. The first-order chi connectivity index (χ1) is 37.0. The van der Waals surface area contributed by atoms with Gasteiger partial charge in [0, 0.05) is 19.3 Å². The number of rotatable bonds is 58. The molecule has 1 atom stereocenters. The molecule has 0 aliphatic carbocycles. The van der Waals surface area contributed by atoms with Crippen LogP contribution in [0.15, 0.2) is 85.1 Å². The molecule has 6 nitrogen and oxygen atoms in total. The molecular formula is C69H120O6. The van der Waals surface area contributed by atoms with Gasteiger partial charge in [0.15, 0.2) is 6.10 Å². The van der Waals surface area contributed by atoms with E-state index in [0.717, 1.165) is 83.5 Å². The number of hydrogen-bond acceptors (Lipinski definition) is 6. The van der Waals surface area contributed by atoms with Crippen LogP contribution in [0.4, 0.5) is 0 Å². The van der Waals surface area contributed by atoms with Gasteiger partial charge < -0.3 is 14.2 Å². The van der Waals surface area contributed by atoms with E-state index in [1.54, 1.807) is 0 Å². The number of carbonyl (C=O) groups is 3. The van der Waals surface area contributed by atoms with Crippen LogP contribution >= 0.6 is 0 Å². The number of hydrogen-bond donors (Lipinski definition) is 0. The van der Waals surface area contributed by atoms with Crippen LogP contribution in [0.2, 0.25) is 0 Å². The Balaban J connectivity index is 4.09. The Kier molecular flexibility index (Phi) is 60.3. The summed E-state index contributed by atoms with van der Waals surface area (Å²) in [6, 6.07) is 0. The van der Waals surface area contributed by atoms with Gasteiger partial charge in [0.1, 0.15) is 13.2 Å². The van der Waals surface area contributed by atoms with Crippen molar-refractivity contribution >= 4 is 17.9 Å². The van der Waals surface area contributed by atoms with Gasteiger partial charge in [-0.25, -0.2) is 0 Å². The van der Waals surface area contributed by atoms with E-state index < -0.39 is 6.10 Å². The average Bonchev–Trinajstić information content (AvgIpc) is 3.41. The number of ether oxygens (including phenoxy) is 3. The summed E-state index contributed by atoms with van der Waals surface area (Å²) in [5.74, 6) is -0.990. The van der Waals surface area contributed by atoms with Crippen molar-refractivity contribution in [2.75, 3.05) is 13.2 Å². The molecule has 0 saturated heterocycles. The standard InChI is InChI=1S/C69H120O6/c1-4-7-10-13-16-19-22-24-25-26-27-28-29-30-31-32-33-34-35-36-37-38-39-40-41-42-43-45-47-50-53-56-59-62-68(71)74-65-66(64-73-67(70)61-58-55-52-49-46-21-18-15-12-9-6-3)75-69(72)63-60-57-54-51-48-44-23-20-17-14-11-8-5-2/h8,11,15,17-18,20,22,24,26-27,44,48,54,57,66H,4-7,9-10,12-14,16,19,21,23,25,28-43,45-47,49-53,55-56,58-65H2,1-3H3/b11-8-,18-15-,20-17-,24-22-,27-26-,48-44-,57-54-. The molecule has 0 saturated carbocycles. The number of carbonyl (C=O) groups excluding carboxylic acids is 3. The van der Waals surface area contributed by atoms with Crippen LogP contribution in [0.5, 0.6) is 0 Å². The van der Waals surface area contributed by atoms with E-state index in [4.69, 9.17) is 14.2 Å². The summed E-state index contributed by atoms with van der Waals surface area (Å²) in [5.41, 5.74) is 0. The Bertz CT molecular complexity index is 1430. The first-order valence-electron chi connectivity index (χ1n) is 32.1. The van der Waals surface area contributed by atoms with Crippen molar-refractivity contribution in [3.8, 4) is 0 Å². The highest BCUT2D eigenvalue weighted by Gasteiger charge is 2.19. The van der Waals surface area contributed by atoms with Crippen molar-refractivity contribution < 1.29 is 28.6 Å². The summed E-state index contributed by atoms with van der Waals surface area (Å²) in [7, 11) is 0. The predicted octanol–water partition coefficient (Wildman–Crippen LogP) is 21.9. The minimum atomic E-state index is -0.816. The summed E-state index contributed by atoms with van der Waals surface area (Å²) >= 11 is 0. The zero-order chi connectivity index (χ0) is 54.3. The third-order valence-corrected chi connectivity index (χ3v) is 13.9. The van der Waals surface area contributed by atoms with E-state index in [0.29, 0.717) is 19.3 Å². The number of unbranched alkanes of at least 4 members (excludes halogenated alkanes) is 33. The van der Waals surface area contributed by atoms with Gasteiger partial charge in [0.05, 0.1) is 0 Å². The molecule has 0 heterocycles. The normalized spacial score (nSPS) is 12.6. The maximum atomic E-state index is 12.8. The lowest BCUT2D eigenvalue weighted by atomic mass is 10.0. The first kappa shape index (κ1) is 71.6.